The first-order valence-electron chi connectivity index (χ1n) is 7.33. The molecular weight excluding hydrogens is 212 g/mol. The molecule has 0 amide bonds. The second-order valence-corrected chi connectivity index (χ2v) is 5.65. The van der Waals surface area contributed by atoms with Crippen LogP contribution in [0.1, 0.15) is 33.1 Å². The molecule has 2 atom stereocenters. The zero-order valence-corrected chi connectivity index (χ0v) is 11.5. The molecule has 0 aromatic carbocycles. The third kappa shape index (κ3) is 3.67. The fourth-order valence-corrected chi connectivity index (χ4v) is 3.21. The Balaban J connectivity index is 1.81. The quantitative estimate of drug-likeness (QED) is 0.792. The van der Waals surface area contributed by atoms with Crippen LogP contribution in [0.3, 0.4) is 0 Å². The Labute approximate surface area is 106 Å². The van der Waals surface area contributed by atoms with Gasteiger partial charge in [0.2, 0.25) is 0 Å². The van der Waals surface area contributed by atoms with Crippen LogP contribution >= 0.6 is 0 Å². The van der Waals surface area contributed by atoms with Crippen LogP contribution in [0, 0.1) is 11.8 Å². The third-order valence-corrected chi connectivity index (χ3v) is 4.58. The predicted molar refractivity (Wildman–Crippen MR) is 71.2 cm³/mol. The Morgan fingerprint density at radius 2 is 2.06 bits per heavy atom. The first-order valence-corrected chi connectivity index (χ1v) is 7.33. The fraction of sp³-hybridized carbons (Fsp3) is 1.00. The molecule has 1 N–H and O–H groups in total. The molecule has 2 rings (SSSR count). The lowest BCUT2D eigenvalue weighted by Crippen LogP contribution is -2.43. The van der Waals surface area contributed by atoms with E-state index in [0.717, 1.165) is 25.0 Å². The molecule has 2 unspecified atom stereocenters. The van der Waals surface area contributed by atoms with Gasteiger partial charge in [0.25, 0.3) is 0 Å². The SMILES string of the molecule is CCN(CC1CCNCC1)C(C)C1CCOC1. The molecule has 2 aliphatic rings. The summed E-state index contributed by atoms with van der Waals surface area (Å²) >= 11 is 0. The molecule has 0 spiro atoms. The van der Waals surface area contributed by atoms with Crippen molar-refractivity contribution in [2.24, 2.45) is 11.8 Å². The number of hydrogen-bond acceptors (Lipinski definition) is 3. The van der Waals surface area contributed by atoms with E-state index in [-0.39, 0.29) is 0 Å². The minimum atomic E-state index is 0.692. The number of nitrogens with one attached hydrogen (secondary N) is 1. The number of rotatable bonds is 5. The Kier molecular flexibility index (Phi) is 5.26. The van der Waals surface area contributed by atoms with E-state index in [1.54, 1.807) is 0 Å². The average molecular weight is 240 g/mol. The minimum absolute atomic E-state index is 0.692. The fourth-order valence-electron chi connectivity index (χ4n) is 3.21. The van der Waals surface area contributed by atoms with Crippen molar-refractivity contribution in [1.29, 1.82) is 0 Å². The van der Waals surface area contributed by atoms with Crippen LogP contribution < -0.4 is 5.32 Å². The molecule has 2 fully saturated rings. The summed E-state index contributed by atoms with van der Waals surface area (Å²) in [5.41, 5.74) is 0. The number of hydrogen-bond donors (Lipinski definition) is 1. The Hall–Kier alpha value is -0.120. The number of nitrogens with zero attached hydrogens (tertiary/aromatic N) is 1. The van der Waals surface area contributed by atoms with Crippen LogP contribution in [-0.2, 0) is 4.74 Å². The van der Waals surface area contributed by atoms with Crippen molar-refractivity contribution in [3.8, 4) is 0 Å². The van der Waals surface area contributed by atoms with Gasteiger partial charge in [-0.3, -0.25) is 0 Å². The van der Waals surface area contributed by atoms with Crippen molar-refractivity contribution >= 4 is 0 Å². The van der Waals surface area contributed by atoms with Gasteiger partial charge < -0.3 is 15.0 Å². The third-order valence-electron chi connectivity index (χ3n) is 4.58. The van der Waals surface area contributed by atoms with E-state index in [9.17, 15) is 0 Å². The first-order chi connectivity index (χ1) is 8.31. The van der Waals surface area contributed by atoms with Crippen LogP contribution in [0.15, 0.2) is 0 Å². The molecule has 0 aromatic heterocycles. The van der Waals surface area contributed by atoms with E-state index in [1.165, 1.54) is 45.4 Å². The summed E-state index contributed by atoms with van der Waals surface area (Å²) in [4.78, 5) is 2.68. The average Bonchev–Trinajstić information content (AvgIpc) is 2.90. The van der Waals surface area contributed by atoms with E-state index in [4.69, 9.17) is 4.74 Å². The molecule has 2 aliphatic heterocycles. The van der Waals surface area contributed by atoms with E-state index < -0.39 is 0 Å². The molecule has 0 radical (unpaired) electrons. The van der Waals surface area contributed by atoms with Gasteiger partial charge in [-0.2, -0.15) is 0 Å². The highest BCUT2D eigenvalue weighted by Crippen LogP contribution is 2.23. The van der Waals surface area contributed by atoms with Crippen LogP contribution in [0.5, 0.6) is 0 Å². The first kappa shape index (κ1) is 13.3. The van der Waals surface area contributed by atoms with Crippen LogP contribution in [-0.4, -0.2) is 50.3 Å². The lowest BCUT2D eigenvalue weighted by Gasteiger charge is -2.35. The van der Waals surface area contributed by atoms with Crippen molar-refractivity contribution in [3.05, 3.63) is 0 Å². The lowest BCUT2D eigenvalue weighted by molar-refractivity contribution is 0.111. The zero-order chi connectivity index (χ0) is 12.1. The zero-order valence-electron chi connectivity index (χ0n) is 11.5. The topological polar surface area (TPSA) is 24.5 Å². The summed E-state index contributed by atoms with van der Waals surface area (Å²) in [6.45, 7) is 11.5. The van der Waals surface area contributed by atoms with E-state index in [0.29, 0.717) is 6.04 Å². The molecular formula is C14H28N2O. The van der Waals surface area contributed by atoms with Gasteiger partial charge in [-0.25, -0.2) is 0 Å². The summed E-state index contributed by atoms with van der Waals surface area (Å²) in [6.07, 6.45) is 3.96. The maximum Gasteiger partial charge on any atom is 0.0509 e. The summed E-state index contributed by atoms with van der Waals surface area (Å²) in [5.74, 6) is 1.66. The summed E-state index contributed by atoms with van der Waals surface area (Å²) in [6, 6.07) is 0.692. The molecule has 0 aromatic rings. The molecule has 2 saturated heterocycles. The Morgan fingerprint density at radius 1 is 1.29 bits per heavy atom. The van der Waals surface area contributed by atoms with Crippen molar-refractivity contribution in [2.45, 2.75) is 39.2 Å². The molecule has 0 aliphatic carbocycles. The van der Waals surface area contributed by atoms with Crippen molar-refractivity contribution in [3.63, 3.8) is 0 Å². The van der Waals surface area contributed by atoms with Gasteiger partial charge in [-0.15, -0.1) is 0 Å². The highest BCUT2D eigenvalue weighted by Gasteiger charge is 2.27. The Bertz CT molecular complexity index is 210. The van der Waals surface area contributed by atoms with Gasteiger partial charge in [-0.05, 0) is 57.7 Å². The standard InChI is InChI=1S/C14H28N2O/c1-3-16(10-13-4-7-15-8-5-13)12(2)14-6-9-17-11-14/h12-15H,3-11H2,1-2H3. The van der Waals surface area contributed by atoms with E-state index >= 15 is 0 Å². The van der Waals surface area contributed by atoms with Crippen LogP contribution in [0.25, 0.3) is 0 Å². The van der Waals surface area contributed by atoms with Gasteiger partial charge in [-0.1, -0.05) is 6.92 Å². The summed E-state index contributed by atoms with van der Waals surface area (Å²) < 4.78 is 5.53. The monoisotopic (exact) mass is 240 g/mol. The summed E-state index contributed by atoms with van der Waals surface area (Å²) in [7, 11) is 0. The normalized spacial score (nSPS) is 28.8. The van der Waals surface area contributed by atoms with E-state index in [1.807, 2.05) is 0 Å². The molecule has 100 valence electrons. The highest BCUT2D eigenvalue weighted by atomic mass is 16.5. The molecule has 3 heteroatoms. The van der Waals surface area contributed by atoms with Crippen molar-refractivity contribution < 1.29 is 4.74 Å². The molecule has 2 heterocycles. The Morgan fingerprint density at radius 3 is 2.65 bits per heavy atom. The summed E-state index contributed by atoms with van der Waals surface area (Å²) in [5, 5.41) is 3.45. The maximum absolute atomic E-state index is 5.53. The molecule has 17 heavy (non-hydrogen) atoms. The minimum Gasteiger partial charge on any atom is -0.381 e. The van der Waals surface area contributed by atoms with Gasteiger partial charge in [0.15, 0.2) is 0 Å². The smallest absolute Gasteiger partial charge is 0.0509 e. The second kappa shape index (κ2) is 6.72. The van der Waals surface area contributed by atoms with Crippen LogP contribution in [0.4, 0.5) is 0 Å². The van der Waals surface area contributed by atoms with Gasteiger partial charge in [0, 0.05) is 19.2 Å². The lowest BCUT2D eigenvalue weighted by atomic mass is 9.94. The maximum atomic E-state index is 5.53. The second-order valence-electron chi connectivity index (χ2n) is 5.65. The van der Waals surface area contributed by atoms with Gasteiger partial charge in [0.1, 0.15) is 0 Å². The van der Waals surface area contributed by atoms with Gasteiger partial charge in [0.05, 0.1) is 6.61 Å². The largest absolute Gasteiger partial charge is 0.381 e. The van der Waals surface area contributed by atoms with Crippen LogP contribution in [0.2, 0.25) is 0 Å². The molecule has 3 nitrogen and oxygen atoms in total. The number of ether oxygens (including phenoxy) is 1. The highest BCUT2D eigenvalue weighted by molar-refractivity contribution is 4.81. The molecule has 0 saturated carbocycles. The van der Waals surface area contributed by atoms with E-state index in [2.05, 4.69) is 24.1 Å². The van der Waals surface area contributed by atoms with Crippen molar-refractivity contribution in [1.82, 2.24) is 10.2 Å². The van der Waals surface area contributed by atoms with Crippen molar-refractivity contribution in [2.75, 3.05) is 39.4 Å². The van der Waals surface area contributed by atoms with Gasteiger partial charge >= 0.3 is 0 Å². The molecule has 0 bridgehead atoms. The predicted octanol–water partition coefficient (Wildman–Crippen LogP) is 1.73. The number of piperidine rings is 1.